The second-order valence-corrected chi connectivity index (χ2v) is 8.94. The van der Waals surface area contributed by atoms with Gasteiger partial charge >= 0.3 is 0 Å². The highest BCUT2D eigenvalue weighted by atomic mass is 16.5. The Kier molecular flexibility index (Phi) is 7.76. The van der Waals surface area contributed by atoms with Crippen molar-refractivity contribution in [1.29, 1.82) is 0 Å². The van der Waals surface area contributed by atoms with Gasteiger partial charge in [-0.2, -0.15) is 0 Å². The second kappa shape index (κ2) is 10.9. The third-order valence-electron chi connectivity index (χ3n) is 6.54. The van der Waals surface area contributed by atoms with Crippen molar-refractivity contribution < 1.29 is 9.53 Å². The summed E-state index contributed by atoms with van der Waals surface area (Å²) in [5, 5.41) is 11.9. The molecule has 0 spiro atoms. The Balaban J connectivity index is 1.17. The Morgan fingerprint density at radius 1 is 1.12 bits per heavy atom. The average molecular weight is 441 g/mol. The Hall–Kier alpha value is -2.45. The van der Waals surface area contributed by atoms with Crippen LogP contribution in [0.25, 0.3) is 0 Å². The van der Waals surface area contributed by atoms with Gasteiger partial charge in [0.15, 0.2) is 0 Å². The van der Waals surface area contributed by atoms with Crippen molar-refractivity contribution >= 4 is 5.91 Å². The molecule has 1 saturated heterocycles. The van der Waals surface area contributed by atoms with Crippen LogP contribution in [0.2, 0.25) is 0 Å². The molecule has 174 valence electrons. The molecule has 4 rings (SSSR count). The number of nitrogens with zero attached hydrogens (tertiary/aromatic N) is 5. The summed E-state index contributed by atoms with van der Waals surface area (Å²) >= 11 is 0. The zero-order valence-electron chi connectivity index (χ0n) is 19.4. The lowest BCUT2D eigenvalue weighted by Gasteiger charge is -2.37. The molecule has 0 aliphatic carbocycles. The van der Waals surface area contributed by atoms with Crippen LogP contribution in [0.3, 0.4) is 0 Å². The number of carbonyl (C=O) groups is 1. The van der Waals surface area contributed by atoms with Crippen molar-refractivity contribution in [2.75, 3.05) is 39.3 Å². The Morgan fingerprint density at radius 3 is 2.78 bits per heavy atom. The SMILES string of the molecule is Cc1cccc(OCCNC(=O)C(C)N2CCN(Cc3nnc4n3CCCCC4)CC2)c1. The highest BCUT2D eigenvalue weighted by Gasteiger charge is 2.26. The first kappa shape index (κ1) is 22.7. The third kappa shape index (κ3) is 5.86. The van der Waals surface area contributed by atoms with E-state index in [2.05, 4.69) is 29.9 Å². The van der Waals surface area contributed by atoms with Crippen molar-refractivity contribution in [3.8, 4) is 5.75 Å². The summed E-state index contributed by atoms with van der Waals surface area (Å²) < 4.78 is 8.05. The minimum atomic E-state index is -0.138. The minimum Gasteiger partial charge on any atom is -0.492 e. The number of ether oxygens (including phenoxy) is 1. The Morgan fingerprint density at radius 2 is 1.97 bits per heavy atom. The normalized spacial score (nSPS) is 18.6. The molecule has 1 aromatic heterocycles. The molecule has 0 saturated carbocycles. The summed E-state index contributed by atoms with van der Waals surface area (Å²) in [5.74, 6) is 3.14. The van der Waals surface area contributed by atoms with E-state index in [4.69, 9.17) is 4.74 Å². The van der Waals surface area contributed by atoms with Crippen LogP contribution < -0.4 is 10.1 Å². The van der Waals surface area contributed by atoms with Crippen LogP contribution in [0.1, 0.15) is 43.4 Å². The van der Waals surface area contributed by atoms with Gasteiger partial charge in [0, 0.05) is 39.1 Å². The number of hydrogen-bond acceptors (Lipinski definition) is 6. The predicted octanol–water partition coefficient (Wildman–Crippen LogP) is 2.01. The molecule has 3 heterocycles. The Labute approximate surface area is 190 Å². The molecule has 1 amide bonds. The zero-order chi connectivity index (χ0) is 22.3. The van der Waals surface area contributed by atoms with Gasteiger partial charge in [0.2, 0.25) is 5.91 Å². The first-order valence-electron chi connectivity index (χ1n) is 11.9. The summed E-state index contributed by atoms with van der Waals surface area (Å²) in [6, 6.07) is 7.82. The fourth-order valence-electron chi connectivity index (χ4n) is 4.53. The molecule has 1 aromatic carbocycles. The van der Waals surface area contributed by atoms with Gasteiger partial charge in [-0.25, -0.2) is 0 Å². The topological polar surface area (TPSA) is 75.5 Å². The summed E-state index contributed by atoms with van der Waals surface area (Å²) in [4.78, 5) is 17.3. The monoisotopic (exact) mass is 440 g/mol. The number of aromatic nitrogens is 3. The number of rotatable bonds is 8. The number of piperazine rings is 1. The summed E-state index contributed by atoms with van der Waals surface area (Å²) in [6.45, 7) is 10.5. The lowest BCUT2D eigenvalue weighted by molar-refractivity contribution is -0.126. The maximum atomic E-state index is 12.6. The number of aryl methyl sites for hydroxylation is 2. The van der Waals surface area contributed by atoms with E-state index in [1.807, 2.05) is 38.1 Å². The molecule has 0 radical (unpaired) electrons. The highest BCUT2D eigenvalue weighted by Crippen LogP contribution is 2.17. The molecule has 32 heavy (non-hydrogen) atoms. The zero-order valence-corrected chi connectivity index (χ0v) is 19.4. The molecule has 1 unspecified atom stereocenters. The van der Waals surface area contributed by atoms with E-state index in [9.17, 15) is 4.79 Å². The largest absolute Gasteiger partial charge is 0.492 e. The molecule has 2 aliphatic heterocycles. The van der Waals surface area contributed by atoms with Crippen molar-refractivity contribution in [3.05, 3.63) is 41.5 Å². The van der Waals surface area contributed by atoms with Crippen LogP contribution in [-0.4, -0.2) is 75.8 Å². The molecule has 1 fully saturated rings. The molecule has 2 aromatic rings. The van der Waals surface area contributed by atoms with E-state index in [1.165, 1.54) is 24.8 Å². The van der Waals surface area contributed by atoms with Crippen molar-refractivity contribution in [2.24, 2.45) is 0 Å². The third-order valence-corrected chi connectivity index (χ3v) is 6.54. The van der Waals surface area contributed by atoms with Crippen LogP contribution >= 0.6 is 0 Å². The van der Waals surface area contributed by atoms with Gasteiger partial charge in [0.1, 0.15) is 24.0 Å². The lowest BCUT2D eigenvalue weighted by atomic mass is 10.2. The van der Waals surface area contributed by atoms with Crippen LogP contribution in [0, 0.1) is 6.92 Å². The van der Waals surface area contributed by atoms with Crippen molar-refractivity contribution in [1.82, 2.24) is 29.9 Å². The molecule has 1 N–H and O–H groups in total. The van der Waals surface area contributed by atoms with Crippen molar-refractivity contribution in [3.63, 3.8) is 0 Å². The lowest BCUT2D eigenvalue weighted by Crippen LogP contribution is -2.54. The number of nitrogens with one attached hydrogen (secondary N) is 1. The van der Waals surface area contributed by atoms with Crippen molar-refractivity contribution in [2.45, 2.75) is 58.7 Å². The van der Waals surface area contributed by atoms with Gasteiger partial charge in [0.05, 0.1) is 19.1 Å². The molecular formula is C24H36N6O2. The highest BCUT2D eigenvalue weighted by molar-refractivity contribution is 5.81. The number of fused-ring (bicyclic) bond motifs is 1. The van der Waals surface area contributed by atoms with Gasteiger partial charge in [-0.15, -0.1) is 10.2 Å². The summed E-state index contributed by atoms with van der Waals surface area (Å²) in [7, 11) is 0. The maximum Gasteiger partial charge on any atom is 0.237 e. The van der Waals surface area contributed by atoms with E-state index in [0.717, 1.165) is 63.1 Å². The van der Waals surface area contributed by atoms with Crippen LogP contribution in [0.5, 0.6) is 5.75 Å². The number of amides is 1. The average Bonchev–Trinajstić information content (AvgIpc) is 3.02. The van der Waals surface area contributed by atoms with Gasteiger partial charge in [-0.3, -0.25) is 14.6 Å². The van der Waals surface area contributed by atoms with Crippen LogP contribution in [0.4, 0.5) is 0 Å². The number of hydrogen-bond donors (Lipinski definition) is 1. The molecular weight excluding hydrogens is 404 g/mol. The Bertz CT molecular complexity index is 890. The summed E-state index contributed by atoms with van der Waals surface area (Å²) in [5.41, 5.74) is 1.17. The van der Waals surface area contributed by atoms with Gasteiger partial charge in [-0.1, -0.05) is 18.6 Å². The first-order valence-corrected chi connectivity index (χ1v) is 11.9. The second-order valence-electron chi connectivity index (χ2n) is 8.94. The number of benzene rings is 1. The van der Waals surface area contributed by atoms with Crippen LogP contribution in [-0.2, 0) is 24.3 Å². The van der Waals surface area contributed by atoms with E-state index in [-0.39, 0.29) is 11.9 Å². The fraction of sp³-hybridized carbons (Fsp3) is 0.625. The van der Waals surface area contributed by atoms with Gasteiger partial charge in [0.25, 0.3) is 0 Å². The molecule has 0 bridgehead atoms. The first-order chi connectivity index (χ1) is 15.6. The summed E-state index contributed by atoms with van der Waals surface area (Å²) in [6.07, 6.45) is 4.76. The van der Waals surface area contributed by atoms with Crippen LogP contribution in [0.15, 0.2) is 24.3 Å². The fourth-order valence-corrected chi connectivity index (χ4v) is 4.53. The predicted molar refractivity (Wildman–Crippen MR) is 124 cm³/mol. The maximum absolute atomic E-state index is 12.6. The van der Waals surface area contributed by atoms with E-state index >= 15 is 0 Å². The van der Waals surface area contributed by atoms with Gasteiger partial charge < -0.3 is 14.6 Å². The smallest absolute Gasteiger partial charge is 0.237 e. The number of carbonyl (C=O) groups excluding carboxylic acids is 1. The minimum absolute atomic E-state index is 0.0640. The molecule has 8 nitrogen and oxygen atoms in total. The standard InChI is InChI=1S/C24H36N6O2/c1-19-7-6-8-21(17-19)32-16-10-25-24(31)20(2)29-14-12-28(13-15-29)18-23-27-26-22-9-4-3-5-11-30(22)23/h6-8,17,20H,3-5,9-16,18H2,1-2H3,(H,25,31). The van der Waals surface area contributed by atoms with Gasteiger partial charge in [-0.05, 0) is 44.4 Å². The van der Waals surface area contributed by atoms with E-state index in [1.54, 1.807) is 0 Å². The molecule has 8 heteroatoms. The van der Waals surface area contributed by atoms with E-state index in [0.29, 0.717) is 13.2 Å². The quantitative estimate of drug-likeness (QED) is 0.633. The molecule has 2 aliphatic rings. The molecule has 1 atom stereocenters. The van der Waals surface area contributed by atoms with E-state index < -0.39 is 0 Å².